The topological polar surface area (TPSA) is 113 Å². The van der Waals surface area contributed by atoms with E-state index >= 15 is 0 Å². The molecule has 2 heterocycles. The number of esters is 1. The lowest BCUT2D eigenvalue weighted by Crippen LogP contribution is -2.20. The van der Waals surface area contributed by atoms with Gasteiger partial charge >= 0.3 is 5.97 Å². The van der Waals surface area contributed by atoms with Crippen molar-refractivity contribution in [2.24, 2.45) is 5.92 Å². The number of aromatic nitrogens is 2. The van der Waals surface area contributed by atoms with Crippen LogP contribution in [0.5, 0.6) is 11.5 Å². The number of pyridine rings is 1. The van der Waals surface area contributed by atoms with Crippen LogP contribution in [-0.2, 0) is 27.4 Å². The van der Waals surface area contributed by atoms with Crippen LogP contribution in [0.3, 0.4) is 0 Å². The zero-order valence-electron chi connectivity index (χ0n) is 21.6. The number of hydrogen-bond donors (Lipinski definition) is 2. The molecular formula is C26H34N4O6. The van der Waals surface area contributed by atoms with Gasteiger partial charge in [-0.3, -0.25) is 4.79 Å². The molecular weight excluding hydrogens is 464 g/mol. The largest absolute Gasteiger partial charge is 0.497 e. The summed E-state index contributed by atoms with van der Waals surface area (Å²) in [6.07, 6.45) is 2.52. The number of nitrogens with zero attached hydrogens (tertiary/aromatic N) is 2. The number of aryl methyl sites for hydroxylation is 1. The Balaban J connectivity index is 2.04. The van der Waals surface area contributed by atoms with Gasteiger partial charge in [0.25, 0.3) is 0 Å². The molecule has 0 saturated heterocycles. The second-order valence-corrected chi connectivity index (χ2v) is 8.70. The Hall–Kier alpha value is -3.79. The number of carbonyl (C=O) groups excluding carboxylic acids is 2. The van der Waals surface area contributed by atoms with Crippen LogP contribution in [-0.4, -0.2) is 56.5 Å². The van der Waals surface area contributed by atoms with Crippen molar-refractivity contribution in [2.75, 3.05) is 45.7 Å². The number of fused-ring (bicyclic) bond motifs is 1. The molecule has 0 unspecified atom stereocenters. The third kappa shape index (κ3) is 6.25. The summed E-state index contributed by atoms with van der Waals surface area (Å²) in [5.41, 5.74) is 2.84. The molecule has 0 aliphatic carbocycles. The average molecular weight is 499 g/mol. The summed E-state index contributed by atoms with van der Waals surface area (Å²) in [6, 6.07) is 7.49. The van der Waals surface area contributed by atoms with E-state index in [1.54, 1.807) is 31.0 Å². The fourth-order valence-electron chi connectivity index (χ4n) is 3.84. The quantitative estimate of drug-likeness (QED) is 0.359. The average Bonchev–Trinajstić information content (AvgIpc) is 3.17. The molecule has 3 rings (SSSR count). The van der Waals surface area contributed by atoms with Crippen molar-refractivity contribution in [3.8, 4) is 11.5 Å². The van der Waals surface area contributed by atoms with Crippen LogP contribution >= 0.6 is 0 Å². The van der Waals surface area contributed by atoms with E-state index in [0.717, 1.165) is 12.0 Å². The summed E-state index contributed by atoms with van der Waals surface area (Å²) in [5.74, 6) is 0.843. The third-order valence-corrected chi connectivity index (χ3v) is 5.65. The number of methoxy groups -OCH3 is 4. The highest BCUT2D eigenvalue weighted by molar-refractivity contribution is 6.11. The maximum atomic E-state index is 12.8. The van der Waals surface area contributed by atoms with E-state index in [0.29, 0.717) is 52.9 Å². The molecule has 0 saturated carbocycles. The standard InChI is InChI=1S/C26H34N4O6/c1-16(2)7-8-30-24(26(32)36-6)23(29-22(31)15-33-3)21-11-18(14-28-25(21)30)27-13-17-9-19(34-4)12-20(10-17)35-5/h9-12,14,16,27H,7-8,13,15H2,1-6H3,(H,29,31). The third-order valence-electron chi connectivity index (χ3n) is 5.65. The molecule has 2 aromatic heterocycles. The van der Waals surface area contributed by atoms with Gasteiger partial charge in [-0.1, -0.05) is 13.8 Å². The van der Waals surface area contributed by atoms with Crippen LogP contribution in [0, 0.1) is 5.92 Å². The molecule has 36 heavy (non-hydrogen) atoms. The lowest BCUT2D eigenvalue weighted by molar-refractivity contribution is -0.119. The first kappa shape index (κ1) is 26.8. The van der Waals surface area contributed by atoms with E-state index in [9.17, 15) is 9.59 Å². The Morgan fingerprint density at radius 1 is 1.03 bits per heavy atom. The van der Waals surface area contributed by atoms with Crippen molar-refractivity contribution in [3.63, 3.8) is 0 Å². The Kier molecular flexibility index (Phi) is 9.13. The van der Waals surface area contributed by atoms with Crippen molar-refractivity contribution in [2.45, 2.75) is 33.4 Å². The van der Waals surface area contributed by atoms with Gasteiger partial charge in [0.2, 0.25) is 5.91 Å². The Labute approximate surface area is 210 Å². The predicted octanol–water partition coefficient (Wildman–Crippen LogP) is 4.08. The van der Waals surface area contributed by atoms with Gasteiger partial charge in [0.15, 0.2) is 5.69 Å². The summed E-state index contributed by atoms with van der Waals surface area (Å²) >= 11 is 0. The number of rotatable bonds is 12. The van der Waals surface area contributed by atoms with Gasteiger partial charge in [0.05, 0.1) is 38.9 Å². The van der Waals surface area contributed by atoms with Gasteiger partial charge in [0.1, 0.15) is 23.8 Å². The van der Waals surface area contributed by atoms with E-state index in [-0.39, 0.29) is 18.2 Å². The van der Waals surface area contributed by atoms with Crippen LogP contribution in [0.1, 0.15) is 36.3 Å². The molecule has 10 heteroatoms. The minimum absolute atomic E-state index is 0.150. The number of hydrogen-bond acceptors (Lipinski definition) is 8. The number of anilines is 2. The molecule has 194 valence electrons. The van der Waals surface area contributed by atoms with Gasteiger partial charge in [0, 0.05) is 31.7 Å². The number of benzene rings is 1. The highest BCUT2D eigenvalue weighted by Crippen LogP contribution is 2.33. The Morgan fingerprint density at radius 2 is 1.72 bits per heavy atom. The van der Waals surface area contributed by atoms with Gasteiger partial charge in [-0.2, -0.15) is 0 Å². The smallest absolute Gasteiger partial charge is 0.356 e. The molecule has 3 aromatic rings. The molecule has 0 spiro atoms. The highest BCUT2D eigenvalue weighted by Gasteiger charge is 2.26. The summed E-state index contributed by atoms with van der Waals surface area (Å²) in [5, 5.41) is 6.79. The molecule has 10 nitrogen and oxygen atoms in total. The van der Waals surface area contributed by atoms with Crippen molar-refractivity contribution in [3.05, 3.63) is 41.7 Å². The van der Waals surface area contributed by atoms with Gasteiger partial charge < -0.3 is 34.1 Å². The summed E-state index contributed by atoms with van der Waals surface area (Å²) < 4.78 is 22.5. The lowest BCUT2D eigenvalue weighted by atomic mass is 10.1. The van der Waals surface area contributed by atoms with Gasteiger partial charge in [-0.05, 0) is 36.1 Å². The molecule has 1 amide bonds. The fourth-order valence-corrected chi connectivity index (χ4v) is 3.84. The maximum absolute atomic E-state index is 12.8. The number of ether oxygens (including phenoxy) is 4. The molecule has 0 aliphatic heterocycles. The molecule has 0 atom stereocenters. The molecule has 1 aromatic carbocycles. The van der Waals surface area contributed by atoms with E-state index < -0.39 is 5.97 Å². The minimum atomic E-state index is -0.553. The Morgan fingerprint density at radius 3 is 2.31 bits per heavy atom. The molecule has 0 radical (unpaired) electrons. The van der Waals surface area contributed by atoms with E-state index in [1.165, 1.54) is 14.2 Å². The molecule has 0 fully saturated rings. The van der Waals surface area contributed by atoms with E-state index in [1.807, 2.05) is 18.2 Å². The van der Waals surface area contributed by atoms with Crippen LogP contribution in [0.2, 0.25) is 0 Å². The van der Waals surface area contributed by atoms with Crippen LogP contribution in [0.15, 0.2) is 30.5 Å². The number of nitrogens with one attached hydrogen (secondary N) is 2. The van der Waals surface area contributed by atoms with E-state index in [4.69, 9.17) is 18.9 Å². The molecule has 2 N–H and O–H groups in total. The molecule has 0 bridgehead atoms. The second-order valence-electron chi connectivity index (χ2n) is 8.70. The van der Waals surface area contributed by atoms with Crippen LogP contribution < -0.4 is 20.1 Å². The summed E-state index contributed by atoms with van der Waals surface area (Å²) in [6.45, 7) is 5.08. The van der Waals surface area contributed by atoms with Gasteiger partial charge in [-0.15, -0.1) is 0 Å². The second kappa shape index (κ2) is 12.3. The SMILES string of the molecule is COCC(=O)Nc1c(C(=O)OC)n(CCC(C)C)c2ncc(NCc3cc(OC)cc(OC)c3)cc12. The predicted molar refractivity (Wildman–Crippen MR) is 138 cm³/mol. The number of carbonyl (C=O) groups is 2. The van der Waals surface area contributed by atoms with Crippen LogP contribution in [0.4, 0.5) is 11.4 Å². The number of amides is 1. The fraction of sp³-hybridized carbons (Fsp3) is 0.423. The molecule has 0 aliphatic rings. The van der Waals surface area contributed by atoms with Crippen LogP contribution in [0.25, 0.3) is 11.0 Å². The van der Waals surface area contributed by atoms with Crippen molar-refractivity contribution < 1.29 is 28.5 Å². The lowest BCUT2D eigenvalue weighted by Gasteiger charge is -2.12. The first-order valence-corrected chi connectivity index (χ1v) is 11.7. The summed E-state index contributed by atoms with van der Waals surface area (Å²) in [7, 11) is 5.96. The highest BCUT2D eigenvalue weighted by atomic mass is 16.5. The van der Waals surface area contributed by atoms with Gasteiger partial charge in [-0.25, -0.2) is 9.78 Å². The van der Waals surface area contributed by atoms with E-state index in [2.05, 4.69) is 29.5 Å². The van der Waals surface area contributed by atoms with Crippen molar-refractivity contribution in [1.82, 2.24) is 9.55 Å². The summed E-state index contributed by atoms with van der Waals surface area (Å²) in [4.78, 5) is 29.9. The zero-order valence-corrected chi connectivity index (χ0v) is 21.6. The Bertz CT molecular complexity index is 1200. The first-order chi connectivity index (χ1) is 17.3. The monoisotopic (exact) mass is 498 g/mol. The van der Waals surface area contributed by atoms with Crippen molar-refractivity contribution >= 4 is 34.3 Å². The zero-order chi connectivity index (χ0) is 26.2. The maximum Gasteiger partial charge on any atom is 0.356 e. The minimum Gasteiger partial charge on any atom is -0.497 e. The first-order valence-electron chi connectivity index (χ1n) is 11.7. The van der Waals surface area contributed by atoms with Crippen molar-refractivity contribution in [1.29, 1.82) is 0 Å². The normalized spacial score (nSPS) is 11.0.